The highest BCUT2D eigenvalue weighted by molar-refractivity contribution is 6.31. The molecule has 116 valence electrons. The van der Waals surface area contributed by atoms with Crippen LogP contribution in [0.3, 0.4) is 0 Å². The molecule has 0 saturated carbocycles. The van der Waals surface area contributed by atoms with Gasteiger partial charge in [0.15, 0.2) is 0 Å². The number of halogens is 1. The zero-order chi connectivity index (χ0) is 15.5. The molecule has 1 N–H and O–H groups in total. The first-order chi connectivity index (χ1) is 9.95. The molecule has 1 saturated heterocycles. The summed E-state index contributed by atoms with van der Waals surface area (Å²) in [5.41, 5.74) is 1.01. The molecule has 1 aliphatic rings. The zero-order valence-electron chi connectivity index (χ0n) is 13.2. The Kier molecular flexibility index (Phi) is 5.28. The molecule has 1 heterocycles. The molecule has 0 bridgehead atoms. The van der Waals surface area contributed by atoms with Crippen LogP contribution in [0.5, 0.6) is 0 Å². The number of carbonyl (C=O) groups is 1. The quantitative estimate of drug-likeness (QED) is 0.924. The second-order valence-corrected chi connectivity index (χ2v) is 6.83. The Bertz CT molecular complexity index is 501. The Labute approximate surface area is 132 Å². The maximum absolute atomic E-state index is 12.9. The summed E-state index contributed by atoms with van der Waals surface area (Å²) in [7, 11) is 0. The number of nitrogens with one attached hydrogen (secondary N) is 1. The topological polar surface area (TPSA) is 32.3 Å². The summed E-state index contributed by atoms with van der Waals surface area (Å²) in [5, 5.41) is 4.12. The maximum Gasteiger partial charge on any atom is 0.240 e. The van der Waals surface area contributed by atoms with Gasteiger partial charge in [-0.3, -0.25) is 4.79 Å². The molecule has 4 heteroatoms. The second-order valence-electron chi connectivity index (χ2n) is 6.42. The van der Waals surface area contributed by atoms with Crippen molar-refractivity contribution >= 4 is 17.5 Å². The highest BCUT2D eigenvalue weighted by Crippen LogP contribution is 2.31. The van der Waals surface area contributed by atoms with E-state index in [1.807, 2.05) is 36.1 Å². The van der Waals surface area contributed by atoms with E-state index < -0.39 is 0 Å². The standard InChI is InChI=1S/C17H25ClN2O/c1-4-20(12-13-8-5-6-9-14(13)18)16(21)15-17(2,3)10-7-11-19-15/h5-6,8-9,15,19H,4,7,10-12H2,1-3H3. The lowest BCUT2D eigenvalue weighted by Crippen LogP contribution is -2.56. The van der Waals surface area contributed by atoms with E-state index in [1.54, 1.807) is 0 Å². The third-order valence-electron chi connectivity index (χ3n) is 4.39. The van der Waals surface area contributed by atoms with Crippen LogP contribution in [-0.2, 0) is 11.3 Å². The van der Waals surface area contributed by atoms with Gasteiger partial charge in [0, 0.05) is 18.1 Å². The minimum absolute atomic E-state index is 0.00321. The molecule has 1 unspecified atom stereocenters. The highest BCUT2D eigenvalue weighted by Gasteiger charge is 2.38. The molecule has 1 aromatic rings. The molecular formula is C17H25ClN2O. The molecule has 3 nitrogen and oxygen atoms in total. The summed E-state index contributed by atoms with van der Waals surface area (Å²) < 4.78 is 0. The Balaban J connectivity index is 2.13. The van der Waals surface area contributed by atoms with Crippen LogP contribution in [0.1, 0.15) is 39.2 Å². The average molecular weight is 309 g/mol. The van der Waals surface area contributed by atoms with Gasteiger partial charge < -0.3 is 10.2 Å². The van der Waals surface area contributed by atoms with Crippen LogP contribution in [-0.4, -0.2) is 29.9 Å². The van der Waals surface area contributed by atoms with Gasteiger partial charge in [0.05, 0.1) is 6.04 Å². The average Bonchev–Trinajstić information content (AvgIpc) is 2.45. The summed E-state index contributed by atoms with van der Waals surface area (Å²) in [6, 6.07) is 7.63. The van der Waals surface area contributed by atoms with Gasteiger partial charge in [0.25, 0.3) is 0 Å². The van der Waals surface area contributed by atoms with E-state index in [0.717, 1.165) is 30.0 Å². The fraction of sp³-hybridized carbons (Fsp3) is 0.588. The van der Waals surface area contributed by atoms with Gasteiger partial charge in [-0.05, 0) is 43.4 Å². The van der Waals surface area contributed by atoms with E-state index in [1.165, 1.54) is 0 Å². The second kappa shape index (κ2) is 6.80. The number of carbonyl (C=O) groups excluding carboxylic acids is 1. The largest absolute Gasteiger partial charge is 0.337 e. The molecule has 0 aliphatic carbocycles. The number of rotatable bonds is 4. The lowest BCUT2D eigenvalue weighted by atomic mass is 9.77. The first kappa shape index (κ1) is 16.3. The van der Waals surface area contributed by atoms with Crippen LogP contribution in [0.15, 0.2) is 24.3 Å². The molecule has 1 amide bonds. The molecule has 0 aromatic heterocycles. The van der Waals surface area contributed by atoms with Crippen molar-refractivity contribution in [3.63, 3.8) is 0 Å². The number of hydrogen-bond acceptors (Lipinski definition) is 2. The van der Waals surface area contributed by atoms with E-state index in [-0.39, 0.29) is 17.4 Å². The third kappa shape index (κ3) is 3.78. The normalized spacial score (nSPS) is 21.0. The smallest absolute Gasteiger partial charge is 0.240 e. The Morgan fingerprint density at radius 2 is 2.14 bits per heavy atom. The monoisotopic (exact) mass is 308 g/mol. The molecular weight excluding hydrogens is 284 g/mol. The van der Waals surface area contributed by atoms with Crippen molar-refractivity contribution < 1.29 is 4.79 Å². The van der Waals surface area contributed by atoms with Crippen molar-refractivity contribution in [1.29, 1.82) is 0 Å². The molecule has 0 spiro atoms. The summed E-state index contributed by atoms with van der Waals surface area (Å²) in [5.74, 6) is 0.183. The summed E-state index contributed by atoms with van der Waals surface area (Å²) in [6.45, 7) is 8.55. The molecule has 1 aromatic carbocycles. The Hall–Kier alpha value is -1.06. The van der Waals surface area contributed by atoms with Crippen LogP contribution >= 0.6 is 11.6 Å². The van der Waals surface area contributed by atoms with Crippen LogP contribution in [0, 0.1) is 5.41 Å². The van der Waals surface area contributed by atoms with Gasteiger partial charge in [-0.1, -0.05) is 43.6 Å². The lowest BCUT2D eigenvalue weighted by Gasteiger charge is -2.40. The lowest BCUT2D eigenvalue weighted by molar-refractivity contribution is -0.137. The molecule has 2 rings (SSSR count). The first-order valence-corrected chi connectivity index (χ1v) is 8.09. The van der Waals surface area contributed by atoms with Crippen LogP contribution < -0.4 is 5.32 Å². The molecule has 1 fully saturated rings. The van der Waals surface area contributed by atoms with Gasteiger partial charge in [-0.2, -0.15) is 0 Å². The van der Waals surface area contributed by atoms with Gasteiger partial charge in [0.1, 0.15) is 0 Å². The van der Waals surface area contributed by atoms with Crippen molar-refractivity contribution in [2.75, 3.05) is 13.1 Å². The number of amides is 1. The predicted octanol–water partition coefficient (Wildman–Crippen LogP) is 3.47. The van der Waals surface area contributed by atoms with Crippen molar-refractivity contribution in [1.82, 2.24) is 10.2 Å². The van der Waals surface area contributed by atoms with Gasteiger partial charge >= 0.3 is 0 Å². The van der Waals surface area contributed by atoms with Gasteiger partial charge in [0.2, 0.25) is 5.91 Å². The van der Waals surface area contributed by atoms with Gasteiger partial charge in [-0.15, -0.1) is 0 Å². The van der Waals surface area contributed by atoms with Crippen molar-refractivity contribution in [3.8, 4) is 0 Å². The summed E-state index contributed by atoms with van der Waals surface area (Å²) in [6.07, 6.45) is 2.22. The van der Waals surface area contributed by atoms with E-state index in [0.29, 0.717) is 13.1 Å². The highest BCUT2D eigenvalue weighted by atomic mass is 35.5. The van der Waals surface area contributed by atoms with Gasteiger partial charge in [-0.25, -0.2) is 0 Å². The van der Waals surface area contributed by atoms with Crippen LogP contribution in [0.25, 0.3) is 0 Å². The SMILES string of the molecule is CCN(Cc1ccccc1Cl)C(=O)C1NCCCC1(C)C. The van der Waals surface area contributed by atoms with Crippen LogP contribution in [0.2, 0.25) is 5.02 Å². The number of likely N-dealkylation sites (N-methyl/N-ethyl adjacent to an activating group) is 1. The van der Waals surface area contributed by atoms with E-state index in [2.05, 4.69) is 19.2 Å². The van der Waals surface area contributed by atoms with Crippen molar-refractivity contribution in [2.45, 2.75) is 46.2 Å². The summed E-state index contributed by atoms with van der Waals surface area (Å²) >= 11 is 6.22. The predicted molar refractivity (Wildman–Crippen MR) is 87.3 cm³/mol. The van der Waals surface area contributed by atoms with Crippen molar-refractivity contribution in [3.05, 3.63) is 34.9 Å². The van der Waals surface area contributed by atoms with Crippen molar-refractivity contribution in [2.24, 2.45) is 5.41 Å². The summed E-state index contributed by atoms with van der Waals surface area (Å²) in [4.78, 5) is 14.8. The molecule has 0 radical (unpaired) electrons. The fourth-order valence-electron chi connectivity index (χ4n) is 2.99. The van der Waals surface area contributed by atoms with E-state index >= 15 is 0 Å². The number of nitrogens with zero attached hydrogens (tertiary/aromatic N) is 1. The maximum atomic E-state index is 12.9. The van der Waals surface area contributed by atoms with E-state index in [9.17, 15) is 4.79 Å². The Morgan fingerprint density at radius 3 is 2.76 bits per heavy atom. The minimum atomic E-state index is -0.103. The molecule has 21 heavy (non-hydrogen) atoms. The first-order valence-electron chi connectivity index (χ1n) is 7.71. The minimum Gasteiger partial charge on any atom is -0.337 e. The number of benzene rings is 1. The zero-order valence-corrected chi connectivity index (χ0v) is 13.9. The van der Waals surface area contributed by atoms with Crippen LogP contribution in [0.4, 0.5) is 0 Å². The number of hydrogen-bond donors (Lipinski definition) is 1. The molecule has 1 atom stereocenters. The van der Waals surface area contributed by atoms with E-state index in [4.69, 9.17) is 11.6 Å². The molecule has 1 aliphatic heterocycles. The Morgan fingerprint density at radius 1 is 1.43 bits per heavy atom. The number of piperidine rings is 1. The fourth-order valence-corrected chi connectivity index (χ4v) is 3.19. The third-order valence-corrected chi connectivity index (χ3v) is 4.76.